The second-order valence-electron chi connectivity index (χ2n) is 9.39. The van der Waals surface area contributed by atoms with Crippen LogP contribution in [0, 0.1) is 12.3 Å². The molecule has 0 atom stereocenters. The van der Waals surface area contributed by atoms with Crippen molar-refractivity contribution in [1.82, 2.24) is 10.4 Å². The van der Waals surface area contributed by atoms with Crippen LogP contribution in [0.4, 0.5) is 18.2 Å². The lowest BCUT2D eigenvalue weighted by Crippen LogP contribution is -2.39. The molecular weight excluding hydrogens is 433 g/mol. The Bertz CT molecular complexity index is 875. The van der Waals surface area contributed by atoms with Gasteiger partial charge in [0, 0.05) is 28.4 Å². The summed E-state index contributed by atoms with van der Waals surface area (Å²) in [6, 6.07) is 0. The molecule has 1 rings (SSSR count). The topological polar surface area (TPSA) is 44.5 Å². The highest BCUT2D eigenvalue weighted by atomic mass is 32.1. The van der Waals surface area contributed by atoms with Crippen LogP contribution < -0.4 is 16.1 Å². The highest BCUT2D eigenvalue weighted by Gasteiger charge is 2.30. The van der Waals surface area contributed by atoms with Gasteiger partial charge in [0.25, 0.3) is 0 Å². The molecule has 0 aliphatic carbocycles. The van der Waals surface area contributed by atoms with Crippen LogP contribution in [0.3, 0.4) is 0 Å². The minimum atomic E-state index is -4.25. The number of allylic oxidation sites excluding steroid dienone is 3. The smallest absolute Gasteiger partial charge is 0.384 e. The molecule has 0 amide bonds. The molecule has 0 aliphatic rings. The van der Waals surface area contributed by atoms with E-state index in [1.54, 1.807) is 16.8 Å². The molecule has 4 nitrogen and oxygen atoms in total. The Morgan fingerprint density at radius 3 is 2.06 bits per heavy atom. The summed E-state index contributed by atoms with van der Waals surface area (Å²) in [7, 11) is 0. The predicted molar refractivity (Wildman–Crippen MR) is 132 cm³/mol. The van der Waals surface area contributed by atoms with Crippen LogP contribution in [0.5, 0.6) is 0 Å². The molecule has 0 aromatic carbocycles. The van der Waals surface area contributed by atoms with E-state index in [-0.39, 0.29) is 12.0 Å². The SMILES string of the molecule is C=C(CC(C)(C)C)NN(Cc1sc(N(CCC(F)(F)F)C(=C)C)c(C(=C)C)c1C)C(=C)N. The highest BCUT2D eigenvalue weighted by molar-refractivity contribution is 7.16. The van der Waals surface area contributed by atoms with Crippen molar-refractivity contribution in [2.24, 2.45) is 11.1 Å². The van der Waals surface area contributed by atoms with Crippen molar-refractivity contribution in [2.45, 2.75) is 67.1 Å². The Balaban J connectivity index is 3.31. The Morgan fingerprint density at radius 2 is 1.66 bits per heavy atom. The monoisotopic (exact) mass is 470 g/mol. The number of anilines is 1. The number of nitrogens with one attached hydrogen (secondary N) is 1. The number of alkyl halides is 3. The lowest BCUT2D eigenvalue weighted by Gasteiger charge is -2.29. The second-order valence-corrected chi connectivity index (χ2v) is 10.5. The van der Waals surface area contributed by atoms with E-state index in [1.165, 1.54) is 11.3 Å². The molecule has 0 radical (unpaired) electrons. The molecule has 0 saturated carbocycles. The van der Waals surface area contributed by atoms with Crippen molar-refractivity contribution in [3.05, 3.63) is 59.5 Å². The van der Waals surface area contributed by atoms with Crippen LogP contribution in [-0.2, 0) is 6.54 Å². The number of hydrogen-bond acceptors (Lipinski definition) is 5. The third-order valence-electron chi connectivity index (χ3n) is 4.66. The lowest BCUT2D eigenvalue weighted by atomic mass is 9.91. The molecule has 8 heteroatoms. The summed E-state index contributed by atoms with van der Waals surface area (Å²) in [6.45, 7) is 27.9. The largest absolute Gasteiger partial charge is 0.390 e. The third-order valence-corrected chi connectivity index (χ3v) is 5.96. The summed E-state index contributed by atoms with van der Waals surface area (Å²) in [5.41, 5.74) is 13.2. The van der Waals surface area contributed by atoms with E-state index in [4.69, 9.17) is 5.73 Å². The number of thiophene rings is 1. The van der Waals surface area contributed by atoms with Crippen molar-refractivity contribution >= 4 is 21.9 Å². The number of hydrogen-bond donors (Lipinski definition) is 2. The molecular formula is C24H37F3N4S. The summed E-state index contributed by atoms with van der Waals surface area (Å²) in [5.74, 6) is 0.320. The maximum Gasteiger partial charge on any atom is 0.390 e. The first kappa shape index (κ1) is 27.7. The van der Waals surface area contributed by atoms with Crippen LogP contribution in [0.25, 0.3) is 5.57 Å². The number of nitrogens with two attached hydrogens (primary N) is 1. The van der Waals surface area contributed by atoms with Crippen LogP contribution >= 0.6 is 11.3 Å². The fraction of sp³-hybridized carbons (Fsp3) is 0.500. The fourth-order valence-electron chi connectivity index (χ4n) is 3.32. The fourth-order valence-corrected chi connectivity index (χ4v) is 4.79. The van der Waals surface area contributed by atoms with Crippen molar-refractivity contribution in [2.75, 3.05) is 11.4 Å². The number of nitrogens with zero attached hydrogens (tertiary/aromatic N) is 2. The lowest BCUT2D eigenvalue weighted by molar-refractivity contribution is -0.132. The first-order valence-electron chi connectivity index (χ1n) is 10.4. The van der Waals surface area contributed by atoms with E-state index in [0.29, 0.717) is 23.1 Å². The quantitative estimate of drug-likeness (QED) is 0.340. The minimum Gasteiger partial charge on any atom is -0.384 e. The molecule has 0 spiro atoms. The average molecular weight is 471 g/mol. The van der Waals surface area contributed by atoms with Gasteiger partial charge in [-0.05, 0) is 43.7 Å². The van der Waals surface area contributed by atoms with E-state index in [9.17, 15) is 13.2 Å². The average Bonchev–Trinajstić information content (AvgIpc) is 2.87. The summed E-state index contributed by atoms with van der Waals surface area (Å²) in [6.07, 6.45) is -4.44. The number of halogens is 3. The summed E-state index contributed by atoms with van der Waals surface area (Å²) < 4.78 is 38.8. The van der Waals surface area contributed by atoms with Gasteiger partial charge in [-0.3, -0.25) is 5.01 Å². The Kier molecular flexibility index (Phi) is 9.09. The Hall–Kier alpha value is -2.35. The molecule has 32 heavy (non-hydrogen) atoms. The number of rotatable bonds is 11. The van der Waals surface area contributed by atoms with Crippen molar-refractivity contribution in [1.29, 1.82) is 0 Å². The van der Waals surface area contributed by atoms with Gasteiger partial charge in [-0.25, -0.2) is 0 Å². The van der Waals surface area contributed by atoms with Gasteiger partial charge in [-0.1, -0.05) is 47.1 Å². The molecule has 0 saturated heterocycles. The van der Waals surface area contributed by atoms with Crippen molar-refractivity contribution in [3.8, 4) is 0 Å². The van der Waals surface area contributed by atoms with Crippen molar-refractivity contribution in [3.63, 3.8) is 0 Å². The van der Waals surface area contributed by atoms with Gasteiger partial charge in [0.15, 0.2) is 0 Å². The summed E-state index contributed by atoms with van der Waals surface area (Å²) in [4.78, 5) is 2.56. The zero-order valence-electron chi connectivity index (χ0n) is 20.2. The van der Waals surface area contributed by atoms with Gasteiger partial charge >= 0.3 is 6.18 Å². The molecule has 0 unspecified atom stereocenters. The molecule has 3 N–H and O–H groups in total. The molecule has 0 bridgehead atoms. The van der Waals surface area contributed by atoms with Gasteiger partial charge in [0.05, 0.1) is 13.0 Å². The van der Waals surface area contributed by atoms with E-state index in [0.717, 1.165) is 33.7 Å². The highest BCUT2D eigenvalue weighted by Crippen LogP contribution is 2.42. The maximum atomic E-state index is 12.9. The van der Waals surface area contributed by atoms with Gasteiger partial charge in [0.2, 0.25) is 0 Å². The van der Waals surface area contributed by atoms with Gasteiger partial charge in [0.1, 0.15) is 10.8 Å². The first-order chi connectivity index (χ1) is 14.4. The molecule has 0 aliphatic heterocycles. The van der Waals surface area contributed by atoms with Gasteiger partial charge in [-0.15, -0.1) is 11.3 Å². The molecule has 180 valence electrons. The molecule has 1 heterocycles. The van der Waals surface area contributed by atoms with Gasteiger partial charge < -0.3 is 16.1 Å². The van der Waals surface area contributed by atoms with Crippen LogP contribution in [0.1, 0.15) is 63.5 Å². The zero-order valence-corrected chi connectivity index (χ0v) is 21.0. The van der Waals surface area contributed by atoms with E-state index < -0.39 is 12.6 Å². The maximum absolute atomic E-state index is 12.9. The Morgan fingerprint density at radius 1 is 1.09 bits per heavy atom. The van der Waals surface area contributed by atoms with E-state index in [2.05, 4.69) is 52.5 Å². The van der Waals surface area contributed by atoms with E-state index in [1.807, 2.05) is 13.8 Å². The zero-order chi connectivity index (χ0) is 25.0. The second kappa shape index (κ2) is 10.5. The molecule has 1 aromatic heterocycles. The minimum absolute atomic E-state index is 0.0469. The predicted octanol–water partition coefficient (Wildman–Crippen LogP) is 7.07. The summed E-state index contributed by atoms with van der Waals surface area (Å²) in [5, 5.41) is 2.41. The summed E-state index contributed by atoms with van der Waals surface area (Å²) >= 11 is 1.42. The Labute approximate surface area is 194 Å². The standard InChI is InChI=1S/C24H37F3N4S/c1-15(2)21-18(6)20(14-31(19(7)28)29-17(5)13-23(8,9)10)32-22(21)30(16(3)4)12-11-24(25,26)27/h29H,1,3,5,7,11-14,28H2,2,4,6,8-10H3. The first-order valence-corrected chi connectivity index (χ1v) is 11.2. The van der Waals surface area contributed by atoms with Crippen LogP contribution in [-0.4, -0.2) is 17.7 Å². The normalized spacial score (nSPS) is 11.8. The van der Waals surface area contributed by atoms with E-state index >= 15 is 0 Å². The van der Waals surface area contributed by atoms with Crippen LogP contribution in [0.15, 0.2) is 43.5 Å². The third kappa shape index (κ3) is 8.30. The van der Waals surface area contributed by atoms with Crippen molar-refractivity contribution < 1.29 is 13.2 Å². The molecule has 0 fully saturated rings. The van der Waals surface area contributed by atoms with Crippen LogP contribution in [0.2, 0.25) is 0 Å². The number of hydrazine groups is 1. The van der Waals surface area contributed by atoms with Gasteiger partial charge in [-0.2, -0.15) is 13.2 Å². The molecule has 1 aromatic rings.